The van der Waals surface area contributed by atoms with E-state index in [1.807, 2.05) is 36.5 Å². The molecule has 0 aliphatic rings. The van der Waals surface area contributed by atoms with Crippen molar-refractivity contribution in [1.82, 2.24) is 9.88 Å². The van der Waals surface area contributed by atoms with E-state index in [0.29, 0.717) is 12.1 Å². The monoisotopic (exact) mass is 322 g/mol. The summed E-state index contributed by atoms with van der Waals surface area (Å²) < 4.78 is 2.07. The quantitative estimate of drug-likeness (QED) is 0.759. The molecule has 5 nitrogen and oxygen atoms in total. The Hall–Kier alpha value is -3.08. The van der Waals surface area contributed by atoms with Crippen LogP contribution in [0.2, 0.25) is 0 Å². The molecular formula is C19H18N2O3. The molecule has 0 fully saturated rings. The van der Waals surface area contributed by atoms with Gasteiger partial charge in [-0.15, -0.1) is 0 Å². The topological polar surface area (TPSA) is 71.3 Å². The second-order valence-corrected chi connectivity index (χ2v) is 5.74. The minimum absolute atomic E-state index is 0.390. The second-order valence-electron chi connectivity index (χ2n) is 5.74. The number of hydrogen-bond acceptors (Lipinski definition) is 2. The summed E-state index contributed by atoms with van der Waals surface area (Å²) in [5.74, 6) is -1.45. The molecule has 0 spiro atoms. The van der Waals surface area contributed by atoms with E-state index in [9.17, 15) is 9.59 Å². The summed E-state index contributed by atoms with van der Waals surface area (Å²) in [4.78, 5) is 23.1. The molecule has 1 heterocycles. The van der Waals surface area contributed by atoms with Crippen LogP contribution >= 0.6 is 0 Å². The minimum Gasteiger partial charge on any atom is -0.480 e. The van der Waals surface area contributed by atoms with Crippen LogP contribution in [0.1, 0.15) is 22.8 Å². The van der Waals surface area contributed by atoms with Crippen molar-refractivity contribution in [1.29, 1.82) is 0 Å². The molecule has 122 valence electrons. The van der Waals surface area contributed by atoms with Gasteiger partial charge in [0.25, 0.3) is 5.91 Å². The van der Waals surface area contributed by atoms with Gasteiger partial charge in [-0.25, -0.2) is 0 Å². The normalized spacial score (nSPS) is 12.0. The van der Waals surface area contributed by atoms with Crippen molar-refractivity contribution in [2.45, 2.75) is 19.5 Å². The van der Waals surface area contributed by atoms with Crippen LogP contribution in [0, 0.1) is 0 Å². The number of fused-ring (bicyclic) bond motifs is 1. The third-order valence-corrected chi connectivity index (χ3v) is 3.95. The Morgan fingerprint density at radius 2 is 1.88 bits per heavy atom. The number of rotatable bonds is 5. The van der Waals surface area contributed by atoms with Crippen molar-refractivity contribution < 1.29 is 14.7 Å². The molecule has 1 amide bonds. The van der Waals surface area contributed by atoms with Crippen LogP contribution in [0.4, 0.5) is 0 Å². The molecule has 3 aromatic rings. The maximum atomic E-state index is 12.2. The number of carbonyl (C=O) groups excluding carboxylic acids is 1. The third-order valence-electron chi connectivity index (χ3n) is 3.95. The average Bonchev–Trinajstić information content (AvgIpc) is 2.98. The average molecular weight is 322 g/mol. The highest BCUT2D eigenvalue weighted by atomic mass is 16.4. The molecule has 5 heteroatoms. The zero-order valence-electron chi connectivity index (χ0n) is 13.3. The fourth-order valence-corrected chi connectivity index (χ4v) is 2.58. The maximum Gasteiger partial charge on any atom is 0.325 e. The Balaban J connectivity index is 1.88. The molecule has 1 aromatic heterocycles. The predicted octanol–water partition coefficient (Wildman–Crippen LogP) is 2.89. The van der Waals surface area contributed by atoms with Crippen LogP contribution in [-0.4, -0.2) is 27.6 Å². The predicted molar refractivity (Wildman–Crippen MR) is 92.0 cm³/mol. The van der Waals surface area contributed by atoms with Gasteiger partial charge in [0.1, 0.15) is 6.04 Å². The fraction of sp³-hybridized carbons (Fsp3) is 0.158. The first kappa shape index (κ1) is 15.8. The zero-order valence-corrected chi connectivity index (χ0v) is 13.3. The molecule has 0 radical (unpaired) electrons. The first-order valence-corrected chi connectivity index (χ1v) is 7.71. The summed E-state index contributed by atoms with van der Waals surface area (Å²) in [5.41, 5.74) is 2.56. The molecule has 0 aliphatic carbocycles. The molecular weight excluding hydrogens is 304 g/mol. The van der Waals surface area contributed by atoms with Crippen molar-refractivity contribution >= 4 is 22.8 Å². The molecule has 24 heavy (non-hydrogen) atoms. The Morgan fingerprint density at radius 3 is 2.58 bits per heavy atom. The number of benzene rings is 2. The Kier molecular flexibility index (Phi) is 4.33. The van der Waals surface area contributed by atoms with Crippen molar-refractivity contribution in [2.75, 3.05) is 0 Å². The summed E-state index contributed by atoms with van der Waals surface area (Å²) in [6, 6.07) is 16.5. The minimum atomic E-state index is -1.06. The number of nitrogens with one attached hydrogen (secondary N) is 1. The standard InChI is InChI=1S/C19H18N2O3/c1-13(19(23)24)20-18(22)16-8-7-15-9-10-21(17(15)11-16)12-14-5-3-2-4-6-14/h2-11,13H,12H2,1H3,(H,20,22)(H,23,24)/t13-/m1/s1. The summed E-state index contributed by atoms with van der Waals surface area (Å²) in [5, 5.41) is 12.4. The van der Waals surface area contributed by atoms with Crippen LogP contribution < -0.4 is 5.32 Å². The SMILES string of the molecule is C[C@@H](NC(=O)c1ccc2ccn(Cc3ccccc3)c2c1)C(=O)O. The van der Waals surface area contributed by atoms with Gasteiger partial charge in [-0.3, -0.25) is 9.59 Å². The van der Waals surface area contributed by atoms with Gasteiger partial charge in [0, 0.05) is 23.8 Å². The number of amides is 1. The van der Waals surface area contributed by atoms with Gasteiger partial charge < -0.3 is 15.0 Å². The van der Waals surface area contributed by atoms with Gasteiger partial charge in [-0.2, -0.15) is 0 Å². The van der Waals surface area contributed by atoms with Crippen LogP contribution in [0.5, 0.6) is 0 Å². The van der Waals surface area contributed by atoms with Gasteiger partial charge in [0.15, 0.2) is 0 Å². The summed E-state index contributed by atoms with van der Waals surface area (Å²) >= 11 is 0. The summed E-state index contributed by atoms with van der Waals surface area (Å²) in [6.07, 6.45) is 1.99. The van der Waals surface area contributed by atoms with E-state index in [-0.39, 0.29) is 5.91 Å². The summed E-state index contributed by atoms with van der Waals surface area (Å²) in [6.45, 7) is 2.15. The van der Waals surface area contributed by atoms with Crippen molar-refractivity contribution in [3.8, 4) is 0 Å². The molecule has 0 aliphatic heterocycles. The number of carbonyl (C=O) groups is 2. The molecule has 3 rings (SSSR count). The van der Waals surface area contributed by atoms with Crippen molar-refractivity contribution in [3.63, 3.8) is 0 Å². The Morgan fingerprint density at radius 1 is 1.12 bits per heavy atom. The largest absolute Gasteiger partial charge is 0.480 e. The molecule has 0 bridgehead atoms. The van der Waals surface area contributed by atoms with E-state index in [1.54, 1.807) is 12.1 Å². The molecule has 2 N–H and O–H groups in total. The number of hydrogen-bond donors (Lipinski definition) is 2. The molecule has 0 unspecified atom stereocenters. The maximum absolute atomic E-state index is 12.2. The van der Waals surface area contributed by atoms with Crippen molar-refractivity contribution in [2.24, 2.45) is 0 Å². The lowest BCUT2D eigenvalue weighted by molar-refractivity contribution is -0.138. The Labute approximate surface area is 139 Å². The van der Waals surface area contributed by atoms with Crippen LogP contribution in [0.15, 0.2) is 60.8 Å². The summed E-state index contributed by atoms with van der Waals surface area (Å²) in [7, 11) is 0. The van der Waals surface area contributed by atoms with Gasteiger partial charge in [-0.05, 0) is 36.1 Å². The van der Waals surface area contributed by atoms with Crippen LogP contribution in [0.3, 0.4) is 0 Å². The van der Waals surface area contributed by atoms with E-state index in [1.165, 1.54) is 12.5 Å². The highest BCUT2D eigenvalue weighted by Gasteiger charge is 2.16. The lowest BCUT2D eigenvalue weighted by atomic mass is 10.1. The second kappa shape index (κ2) is 6.58. The van der Waals surface area contributed by atoms with Gasteiger partial charge in [-0.1, -0.05) is 36.4 Å². The van der Waals surface area contributed by atoms with E-state index in [4.69, 9.17) is 5.11 Å². The fourth-order valence-electron chi connectivity index (χ4n) is 2.58. The molecule has 0 saturated carbocycles. The number of carboxylic acid groups (broad SMARTS) is 1. The van der Waals surface area contributed by atoms with E-state index < -0.39 is 12.0 Å². The third kappa shape index (κ3) is 3.30. The van der Waals surface area contributed by atoms with E-state index >= 15 is 0 Å². The van der Waals surface area contributed by atoms with Gasteiger partial charge in [0.05, 0.1) is 0 Å². The van der Waals surface area contributed by atoms with E-state index in [2.05, 4.69) is 22.0 Å². The zero-order chi connectivity index (χ0) is 17.1. The lowest BCUT2D eigenvalue weighted by Gasteiger charge is -2.10. The highest BCUT2D eigenvalue weighted by Crippen LogP contribution is 2.19. The van der Waals surface area contributed by atoms with Crippen LogP contribution in [0.25, 0.3) is 10.9 Å². The van der Waals surface area contributed by atoms with Gasteiger partial charge in [0.2, 0.25) is 0 Å². The number of aliphatic carboxylic acids is 1. The molecule has 2 aromatic carbocycles. The number of carboxylic acids is 1. The number of nitrogens with zero attached hydrogens (tertiary/aromatic N) is 1. The number of aromatic nitrogens is 1. The van der Waals surface area contributed by atoms with E-state index in [0.717, 1.165) is 10.9 Å². The Bertz CT molecular complexity index is 884. The smallest absolute Gasteiger partial charge is 0.325 e. The molecule has 0 saturated heterocycles. The van der Waals surface area contributed by atoms with Gasteiger partial charge >= 0.3 is 5.97 Å². The lowest BCUT2D eigenvalue weighted by Crippen LogP contribution is -2.38. The van der Waals surface area contributed by atoms with Crippen molar-refractivity contribution in [3.05, 3.63) is 71.9 Å². The highest BCUT2D eigenvalue weighted by molar-refractivity contribution is 5.99. The first-order valence-electron chi connectivity index (χ1n) is 7.71. The van der Waals surface area contributed by atoms with Crippen LogP contribution in [-0.2, 0) is 11.3 Å². The molecule has 1 atom stereocenters. The first-order chi connectivity index (χ1) is 11.5.